The number of nitrogens with zero attached hydrogens (tertiary/aromatic N) is 3. The van der Waals surface area contributed by atoms with E-state index in [1.807, 2.05) is 38.1 Å². The number of amides is 1. The van der Waals surface area contributed by atoms with Crippen LogP contribution in [0, 0.1) is 0 Å². The molecule has 0 aliphatic carbocycles. The van der Waals surface area contributed by atoms with Gasteiger partial charge in [-0.05, 0) is 69.2 Å². The van der Waals surface area contributed by atoms with Gasteiger partial charge in [-0.2, -0.15) is 0 Å². The molecule has 1 amide bonds. The van der Waals surface area contributed by atoms with E-state index >= 15 is 0 Å². The van der Waals surface area contributed by atoms with Crippen molar-refractivity contribution < 1.29 is 4.79 Å². The third kappa shape index (κ3) is 3.69. The molecule has 5 nitrogen and oxygen atoms in total. The number of carbonyl (C=O) groups is 1. The van der Waals surface area contributed by atoms with Crippen molar-refractivity contribution in [2.75, 3.05) is 29.9 Å². The first-order chi connectivity index (χ1) is 12.5. The first-order valence-electron chi connectivity index (χ1n) is 8.27. The van der Waals surface area contributed by atoms with Crippen LogP contribution in [0.4, 0.5) is 17.2 Å². The summed E-state index contributed by atoms with van der Waals surface area (Å²) in [5.74, 6) is 0.505. The predicted octanol–water partition coefficient (Wildman–Crippen LogP) is 4.71. The maximum absolute atomic E-state index is 13.3. The number of fused-ring (bicyclic) bond motifs is 2. The van der Waals surface area contributed by atoms with E-state index in [9.17, 15) is 4.79 Å². The normalized spacial score (nSPS) is 13.1. The number of pyridine rings is 1. The first-order valence-corrected chi connectivity index (χ1v) is 10.3. The predicted molar refractivity (Wildman–Crippen MR) is 116 cm³/mol. The molecule has 136 valence electrons. The number of rotatable bonds is 4. The lowest BCUT2D eigenvalue weighted by Crippen LogP contribution is -2.38. The fourth-order valence-electron chi connectivity index (χ4n) is 2.84. The third-order valence-corrected chi connectivity index (χ3v) is 6.44. The zero-order valence-electron chi connectivity index (χ0n) is 14.4. The molecule has 26 heavy (non-hydrogen) atoms. The second-order valence-electron chi connectivity index (χ2n) is 5.80. The van der Waals surface area contributed by atoms with Crippen LogP contribution in [0.2, 0.25) is 0 Å². The van der Waals surface area contributed by atoms with Crippen LogP contribution in [0.3, 0.4) is 0 Å². The Balaban J connectivity index is 2.18. The maximum atomic E-state index is 13.3. The summed E-state index contributed by atoms with van der Waals surface area (Å²) in [6.45, 7) is 6.01. The van der Waals surface area contributed by atoms with Gasteiger partial charge in [-0.25, -0.2) is 4.98 Å². The van der Waals surface area contributed by atoms with Crippen molar-refractivity contribution in [3.8, 4) is 0 Å². The number of thiocarbonyl (C=S) groups is 1. The molecule has 1 aromatic heterocycles. The molecule has 2 heterocycles. The van der Waals surface area contributed by atoms with Crippen LogP contribution in [0.5, 0.6) is 0 Å². The van der Waals surface area contributed by atoms with Gasteiger partial charge in [0.2, 0.25) is 5.91 Å². The molecule has 0 bridgehead atoms. The Hall–Kier alpha value is -1.35. The fraction of sp³-hybridized carbons (Fsp3) is 0.278. The highest BCUT2D eigenvalue weighted by molar-refractivity contribution is 9.13. The van der Waals surface area contributed by atoms with Crippen molar-refractivity contribution in [2.24, 2.45) is 0 Å². The molecule has 0 radical (unpaired) electrons. The number of benzene rings is 1. The third-order valence-electron chi connectivity index (χ3n) is 4.27. The van der Waals surface area contributed by atoms with Gasteiger partial charge in [-0.1, -0.05) is 26.1 Å². The second kappa shape index (κ2) is 8.12. The standard InChI is InChI=1S/C18H18Br2N4OS/c1-3-23(4-2)10-16(25)24-15-9-13(20)12(19)8-14(15)22-18(26)11-6-5-7-21-17(11)24/h5-9H,3-4,10H2,1-2H3,(H,22,26). The van der Waals surface area contributed by atoms with Crippen LogP contribution in [-0.2, 0) is 4.79 Å². The molecule has 0 spiro atoms. The number of aromatic nitrogens is 1. The molecule has 0 atom stereocenters. The van der Waals surface area contributed by atoms with E-state index in [1.165, 1.54) is 0 Å². The highest BCUT2D eigenvalue weighted by Crippen LogP contribution is 2.41. The van der Waals surface area contributed by atoms with Crippen LogP contribution in [0.15, 0.2) is 39.4 Å². The van der Waals surface area contributed by atoms with Crippen LogP contribution < -0.4 is 10.2 Å². The van der Waals surface area contributed by atoms with E-state index in [-0.39, 0.29) is 5.91 Å². The summed E-state index contributed by atoms with van der Waals surface area (Å²) in [6.07, 6.45) is 1.68. The molecular formula is C18H18Br2N4OS. The lowest BCUT2D eigenvalue weighted by Gasteiger charge is -2.26. The van der Waals surface area contributed by atoms with Gasteiger partial charge < -0.3 is 5.32 Å². The van der Waals surface area contributed by atoms with Crippen molar-refractivity contribution in [2.45, 2.75) is 13.8 Å². The summed E-state index contributed by atoms with van der Waals surface area (Å²) < 4.78 is 1.73. The number of likely N-dealkylation sites (N-methyl/N-ethyl adjacent to an activating group) is 1. The molecule has 1 aliphatic heterocycles. The lowest BCUT2D eigenvalue weighted by molar-refractivity contribution is -0.119. The van der Waals surface area contributed by atoms with E-state index in [0.29, 0.717) is 17.4 Å². The molecule has 0 unspecified atom stereocenters. The molecule has 1 N–H and O–H groups in total. The van der Waals surface area contributed by atoms with Gasteiger partial charge >= 0.3 is 0 Å². The van der Waals surface area contributed by atoms with Crippen molar-refractivity contribution in [3.05, 3.63) is 45.0 Å². The van der Waals surface area contributed by atoms with Crippen LogP contribution in [0.1, 0.15) is 19.4 Å². The first kappa shape index (κ1) is 19.4. The van der Waals surface area contributed by atoms with Crippen molar-refractivity contribution >= 4 is 72.2 Å². The van der Waals surface area contributed by atoms with Gasteiger partial charge in [0.05, 0.1) is 23.5 Å². The zero-order chi connectivity index (χ0) is 18.8. The highest BCUT2D eigenvalue weighted by atomic mass is 79.9. The number of anilines is 3. The second-order valence-corrected chi connectivity index (χ2v) is 7.92. The highest BCUT2D eigenvalue weighted by Gasteiger charge is 2.30. The zero-order valence-corrected chi connectivity index (χ0v) is 18.4. The Bertz CT molecular complexity index is 870. The number of hydrogen-bond donors (Lipinski definition) is 1. The van der Waals surface area contributed by atoms with E-state index in [2.05, 4.69) is 47.1 Å². The van der Waals surface area contributed by atoms with Gasteiger partial charge in [-0.15, -0.1) is 0 Å². The van der Waals surface area contributed by atoms with Gasteiger partial charge in [-0.3, -0.25) is 14.6 Å². The molecule has 1 aromatic carbocycles. The molecule has 1 aliphatic rings. The number of halogens is 2. The summed E-state index contributed by atoms with van der Waals surface area (Å²) >= 11 is 12.6. The smallest absolute Gasteiger partial charge is 0.246 e. The van der Waals surface area contributed by atoms with Gasteiger partial charge in [0.1, 0.15) is 10.8 Å². The number of hydrogen-bond acceptors (Lipinski definition) is 4. The maximum Gasteiger partial charge on any atom is 0.246 e. The summed E-state index contributed by atoms with van der Waals surface area (Å²) in [4.78, 5) is 22.0. The quantitative estimate of drug-likeness (QED) is 0.619. The Morgan fingerprint density at radius 3 is 2.65 bits per heavy atom. The van der Waals surface area contributed by atoms with Crippen molar-refractivity contribution in [1.29, 1.82) is 0 Å². The Kier molecular flexibility index (Phi) is 6.06. The Labute approximate surface area is 175 Å². The fourth-order valence-corrected chi connectivity index (χ4v) is 3.78. The van der Waals surface area contributed by atoms with Gasteiger partial charge in [0.25, 0.3) is 0 Å². The average molecular weight is 498 g/mol. The largest absolute Gasteiger partial charge is 0.344 e. The van der Waals surface area contributed by atoms with Crippen molar-refractivity contribution in [1.82, 2.24) is 9.88 Å². The van der Waals surface area contributed by atoms with E-state index in [0.717, 1.165) is 39.0 Å². The van der Waals surface area contributed by atoms with E-state index < -0.39 is 0 Å². The Morgan fingerprint density at radius 1 is 1.27 bits per heavy atom. The van der Waals surface area contributed by atoms with Crippen LogP contribution in [-0.4, -0.2) is 40.4 Å². The van der Waals surface area contributed by atoms with Gasteiger partial charge in [0, 0.05) is 15.1 Å². The van der Waals surface area contributed by atoms with Crippen LogP contribution >= 0.6 is 44.1 Å². The van der Waals surface area contributed by atoms with Crippen molar-refractivity contribution in [3.63, 3.8) is 0 Å². The van der Waals surface area contributed by atoms with Crippen LogP contribution in [0.25, 0.3) is 0 Å². The number of carbonyl (C=O) groups excluding carboxylic acids is 1. The molecule has 3 rings (SSSR count). The minimum absolute atomic E-state index is 0.0457. The summed E-state index contributed by atoms with van der Waals surface area (Å²) in [6, 6.07) is 7.52. The molecule has 0 fully saturated rings. The molecular weight excluding hydrogens is 480 g/mol. The minimum Gasteiger partial charge on any atom is -0.344 e. The average Bonchev–Trinajstić information content (AvgIpc) is 2.74. The SMILES string of the molecule is CCN(CC)CC(=O)N1c2cc(Br)c(Br)cc2NC(=S)c2cccnc21. The van der Waals surface area contributed by atoms with E-state index in [4.69, 9.17) is 12.2 Å². The summed E-state index contributed by atoms with van der Waals surface area (Å²) in [5.41, 5.74) is 2.21. The van der Waals surface area contributed by atoms with Gasteiger partial charge in [0.15, 0.2) is 0 Å². The monoisotopic (exact) mass is 496 g/mol. The summed E-state index contributed by atoms with van der Waals surface area (Å²) in [5, 5.41) is 3.25. The Morgan fingerprint density at radius 2 is 1.96 bits per heavy atom. The lowest BCUT2D eigenvalue weighted by atomic mass is 10.2. The van der Waals surface area contributed by atoms with E-state index in [1.54, 1.807) is 11.1 Å². The molecule has 8 heteroatoms. The summed E-state index contributed by atoms with van der Waals surface area (Å²) in [7, 11) is 0. The molecule has 0 saturated heterocycles. The molecule has 2 aromatic rings. The molecule has 0 saturated carbocycles. The number of nitrogens with one attached hydrogen (secondary N) is 1. The topological polar surface area (TPSA) is 48.5 Å². The minimum atomic E-state index is -0.0457.